The molecule has 0 saturated heterocycles. The van der Waals surface area contributed by atoms with E-state index in [1.807, 2.05) is 19.1 Å². The molecule has 122 valence electrons. The molecule has 2 aromatic carbocycles. The van der Waals surface area contributed by atoms with Crippen molar-refractivity contribution in [3.63, 3.8) is 0 Å². The van der Waals surface area contributed by atoms with Crippen LogP contribution in [0.2, 0.25) is 0 Å². The van der Waals surface area contributed by atoms with Crippen molar-refractivity contribution in [2.24, 2.45) is 0 Å². The van der Waals surface area contributed by atoms with Crippen LogP contribution in [-0.4, -0.2) is 19.5 Å². The first-order chi connectivity index (χ1) is 10.9. The summed E-state index contributed by atoms with van der Waals surface area (Å²) in [6.45, 7) is 2.03. The van der Waals surface area contributed by atoms with Crippen LogP contribution >= 0.6 is 0 Å². The van der Waals surface area contributed by atoms with Crippen LogP contribution < -0.4 is 4.72 Å². The van der Waals surface area contributed by atoms with Gasteiger partial charge in [0.25, 0.3) is 10.0 Å². The molecule has 0 atom stereocenters. The minimum atomic E-state index is -3.65. The van der Waals surface area contributed by atoms with Gasteiger partial charge in [-0.15, -0.1) is 0 Å². The van der Waals surface area contributed by atoms with Crippen LogP contribution in [0.3, 0.4) is 0 Å². The van der Waals surface area contributed by atoms with Crippen molar-refractivity contribution < 1.29 is 18.3 Å². The lowest BCUT2D eigenvalue weighted by Crippen LogP contribution is -2.13. The number of nitrogens with one attached hydrogen (secondary N) is 1. The highest BCUT2D eigenvalue weighted by atomic mass is 32.2. The molecule has 0 amide bonds. The fourth-order valence-electron chi connectivity index (χ4n) is 2.11. The van der Waals surface area contributed by atoms with E-state index >= 15 is 0 Å². The maximum atomic E-state index is 12.3. The SMILES string of the molecule is CCc1ccc(NS(=O)(=O)c2ccc(CCC(=O)O)cc2)cc1. The molecule has 0 aromatic heterocycles. The Hall–Kier alpha value is -2.34. The number of hydrogen-bond acceptors (Lipinski definition) is 3. The summed E-state index contributed by atoms with van der Waals surface area (Å²) in [5.41, 5.74) is 2.44. The number of aliphatic carboxylic acids is 1. The largest absolute Gasteiger partial charge is 0.481 e. The van der Waals surface area contributed by atoms with Gasteiger partial charge in [0.2, 0.25) is 0 Å². The van der Waals surface area contributed by atoms with E-state index in [4.69, 9.17) is 5.11 Å². The maximum Gasteiger partial charge on any atom is 0.303 e. The maximum absolute atomic E-state index is 12.3. The van der Waals surface area contributed by atoms with Crippen molar-refractivity contribution >= 4 is 21.7 Å². The normalized spacial score (nSPS) is 11.2. The van der Waals surface area contributed by atoms with Gasteiger partial charge in [0, 0.05) is 12.1 Å². The number of carboxylic acids is 1. The molecule has 0 unspecified atom stereocenters. The molecule has 2 N–H and O–H groups in total. The summed E-state index contributed by atoms with van der Waals surface area (Å²) in [6, 6.07) is 13.5. The number of hydrogen-bond donors (Lipinski definition) is 2. The first-order valence-electron chi connectivity index (χ1n) is 7.33. The average Bonchev–Trinajstić information content (AvgIpc) is 2.53. The number of sulfonamides is 1. The standard InChI is InChI=1S/C17H19NO4S/c1-2-13-3-8-15(9-4-13)18-23(21,22)16-10-5-14(6-11-16)7-12-17(19)20/h3-6,8-11,18H,2,7,12H2,1H3,(H,19,20). The van der Waals surface area contributed by atoms with Crippen molar-refractivity contribution in [1.82, 2.24) is 0 Å². The van der Waals surface area contributed by atoms with Crippen LogP contribution in [0.5, 0.6) is 0 Å². The molecule has 0 saturated carbocycles. The summed E-state index contributed by atoms with van der Waals surface area (Å²) in [7, 11) is -3.65. The second kappa shape index (κ2) is 7.28. The zero-order valence-electron chi connectivity index (χ0n) is 12.8. The Morgan fingerprint density at radius 3 is 2.09 bits per heavy atom. The van der Waals surface area contributed by atoms with E-state index in [2.05, 4.69) is 4.72 Å². The van der Waals surface area contributed by atoms with Gasteiger partial charge in [-0.2, -0.15) is 0 Å². The van der Waals surface area contributed by atoms with Crippen molar-refractivity contribution in [3.8, 4) is 0 Å². The lowest BCUT2D eigenvalue weighted by Gasteiger charge is -2.09. The molecule has 0 aliphatic carbocycles. The van der Waals surface area contributed by atoms with Gasteiger partial charge in [-0.25, -0.2) is 8.42 Å². The summed E-state index contributed by atoms with van der Waals surface area (Å²) in [5.74, 6) is -0.876. The van der Waals surface area contributed by atoms with Crippen molar-refractivity contribution in [2.45, 2.75) is 31.1 Å². The Labute approximate surface area is 136 Å². The van der Waals surface area contributed by atoms with Gasteiger partial charge in [0.05, 0.1) is 4.90 Å². The van der Waals surface area contributed by atoms with Gasteiger partial charge < -0.3 is 5.11 Å². The fourth-order valence-corrected chi connectivity index (χ4v) is 3.17. The van der Waals surface area contributed by atoms with Crippen LogP contribution in [0.1, 0.15) is 24.5 Å². The second-order valence-corrected chi connectivity index (χ2v) is 6.88. The fraction of sp³-hybridized carbons (Fsp3) is 0.235. The van der Waals surface area contributed by atoms with E-state index in [-0.39, 0.29) is 11.3 Å². The number of carbonyl (C=O) groups is 1. The van der Waals surface area contributed by atoms with Crippen molar-refractivity contribution in [2.75, 3.05) is 4.72 Å². The highest BCUT2D eigenvalue weighted by Crippen LogP contribution is 2.18. The van der Waals surface area contributed by atoms with E-state index in [0.717, 1.165) is 17.5 Å². The number of rotatable bonds is 7. The summed E-state index contributed by atoms with van der Waals surface area (Å²) < 4.78 is 27.2. The monoisotopic (exact) mass is 333 g/mol. The Morgan fingerprint density at radius 2 is 1.57 bits per heavy atom. The predicted molar refractivity (Wildman–Crippen MR) is 89.0 cm³/mol. The van der Waals surface area contributed by atoms with Crippen molar-refractivity contribution in [3.05, 3.63) is 59.7 Å². The van der Waals surface area contributed by atoms with Crippen LogP contribution in [0.4, 0.5) is 5.69 Å². The Balaban J connectivity index is 2.10. The molecular formula is C17H19NO4S. The quantitative estimate of drug-likeness (QED) is 0.815. The number of carboxylic acid groups (broad SMARTS) is 1. The average molecular weight is 333 g/mol. The third-order valence-electron chi connectivity index (χ3n) is 3.48. The summed E-state index contributed by atoms with van der Waals surface area (Å²) >= 11 is 0. The summed E-state index contributed by atoms with van der Waals surface area (Å²) in [4.78, 5) is 10.7. The predicted octanol–water partition coefficient (Wildman–Crippen LogP) is 3.07. The second-order valence-electron chi connectivity index (χ2n) is 5.19. The Morgan fingerprint density at radius 1 is 1.00 bits per heavy atom. The van der Waals surface area contributed by atoms with Gasteiger partial charge in [-0.3, -0.25) is 9.52 Å². The molecule has 0 heterocycles. The minimum Gasteiger partial charge on any atom is -0.481 e. The lowest BCUT2D eigenvalue weighted by atomic mass is 10.1. The van der Waals surface area contributed by atoms with Crippen LogP contribution in [0.25, 0.3) is 0 Å². The Kier molecular flexibility index (Phi) is 5.39. The van der Waals surface area contributed by atoms with Gasteiger partial charge in [0.1, 0.15) is 0 Å². The van der Waals surface area contributed by atoms with Crippen molar-refractivity contribution in [1.29, 1.82) is 0 Å². The number of benzene rings is 2. The zero-order valence-corrected chi connectivity index (χ0v) is 13.6. The molecule has 0 radical (unpaired) electrons. The van der Waals surface area contributed by atoms with Gasteiger partial charge in [-0.05, 0) is 48.2 Å². The zero-order chi connectivity index (χ0) is 16.9. The molecule has 23 heavy (non-hydrogen) atoms. The van der Waals surface area contributed by atoms with E-state index in [0.29, 0.717) is 12.1 Å². The first-order valence-corrected chi connectivity index (χ1v) is 8.81. The van der Waals surface area contributed by atoms with Crippen LogP contribution in [0.15, 0.2) is 53.4 Å². The van der Waals surface area contributed by atoms with Gasteiger partial charge in [-0.1, -0.05) is 31.2 Å². The third kappa shape index (κ3) is 4.82. The molecule has 6 heteroatoms. The smallest absolute Gasteiger partial charge is 0.303 e. The molecule has 2 rings (SSSR count). The number of aryl methyl sites for hydroxylation is 2. The lowest BCUT2D eigenvalue weighted by molar-refractivity contribution is -0.136. The summed E-state index contributed by atoms with van der Waals surface area (Å²) in [5, 5.41) is 8.65. The molecule has 5 nitrogen and oxygen atoms in total. The van der Waals surface area contributed by atoms with E-state index in [9.17, 15) is 13.2 Å². The molecular weight excluding hydrogens is 314 g/mol. The van der Waals surface area contributed by atoms with Crippen LogP contribution in [0, 0.1) is 0 Å². The van der Waals surface area contributed by atoms with Crippen LogP contribution in [-0.2, 0) is 27.7 Å². The number of anilines is 1. The van der Waals surface area contributed by atoms with E-state index < -0.39 is 16.0 Å². The minimum absolute atomic E-state index is 0.0219. The molecule has 0 spiro atoms. The molecule has 0 fully saturated rings. The molecule has 2 aromatic rings. The molecule has 0 aliphatic heterocycles. The summed E-state index contributed by atoms with van der Waals surface area (Å²) in [6.07, 6.45) is 1.29. The molecule has 0 aliphatic rings. The topological polar surface area (TPSA) is 83.5 Å². The Bertz CT molecular complexity index is 765. The van der Waals surface area contributed by atoms with E-state index in [1.54, 1.807) is 24.3 Å². The van der Waals surface area contributed by atoms with E-state index in [1.165, 1.54) is 12.1 Å². The highest BCUT2D eigenvalue weighted by molar-refractivity contribution is 7.92. The van der Waals surface area contributed by atoms with Gasteiger partial charge in [0.15, 0.2) is 0 Å². The highest BCUT2D eigenvalue weighted by Gasteiger charge is 2.14. The first kappa shape index (κ1) is 17.0. The van der Waals surface area contributed by atoms with Gasteiger partial charge >= 0.3 is 5.97 Å². The molecule has 0 bridgehead atoms. The third-order valence-corrected chi connectivity index (χ3v) is 4.87.